The molecule has 0 saturated heterocycles. The van der Waals surface area contributed by atoms with Crippen molar-refractivity contribution in [3.8, 4) is 5.75 Å². The third-order valence-electron chi connectivity index (χ3n) is 2.80. The lowest BCUT2D eigenvalue weighted by Crippen LogP contribution is -2.20. The molecule has 0 radical (unpaired) electrons. The van der Waals surface area contributed by atoms with Gasteiger partial charge in [0, 0.05) is 23.3 Å². The fourth-order valence-electron chi connectivity index (χ4n) is 1.84. The van der Waals surface area contributed by atoms with Crippen LogP contribution in [0.1, 0.15) is 6.92 Å². The zero-order valence-electron chi connectivity index (χ0n) is 12.5. The van der Waals surface area contributed by atoms with Gasteiger partial charge in [-0.25, -0.2) is 0 Å². The Morgan fingerprint density at radius 2 is 1.67 bits per heavy atom. The summed E-state index contributed by atoms with van der Waals surface area (Å²) in [4.78, 5) is 22.9. The maximum Gasteiger partial charge on any atom is 0.262 e. The second-order valence-corrected chi connectivity index (χ2v) is 6.49. The van der Waals surface area contributed by atoms with Crippen molar-refractivity contribution in [2.45, 2.75) is 6.92 Å². The van der Waals surface area contributed by atoms with E-state index < -0.39 is 0 Å². The first-order chi connectivity index (χ1) is 11.3. The van der Waals surface area contributed by atoms with Crippen LogP contribution in [-0.4, -0.2) is 18.4 Å². The molecule has 0 unspecified atom stereocenters. The van der Waals surface area contributed by atoms with Gasteiger partial charge < -0.3 is 15.4 Å². The number of benzene rings is 2. The molecule has 8 heteroatoms. The molecule has 0 atom stereocenters. The van der Waals surface area contributed by atoms with Crippen molar-refractivity contribution in [3.63, 3.8) is 0 Å². The lowest BCUT2D eigenvalue weighted by Gasteiger charge is -2.11. The van der Waals surface area contributed by atoms with Crippen LogP contribution >= 0.6 is 39.1 Å². The maximum absolute atomic E-state index is 11.9. The van der Waals surface area contributed by atoms with E-state index in [1.165, 1.54) is 13.0 Å². The highest BCUT2D eigenvalue weighted by molar-refractivity contribution is 9.10. The monoisotopic (exact) mass is 430 g/mol. The van der Waals surface area contributed by atoms with Gasteiger partial charge in [-0.05, 0) is 52.3 Å². The molecular formula is C16H13BrCl2N2O3. The summed E-state index contributed by atoms with van der Waals surface area (Å²) >= 11 is 15.2. The number of hydrogen-bond acceptors (Lipinski definition) is 3. The first-order valence-corrected chi connectivity index (χ1v) is 8.35. The fraction of sp³-hybridized carbons (Fsp3) is 0.125. The molecule has 0 aliphatic rings. The average Bonchev–Trinajstić information content (AvgIpc) is 2.47. The van der Waals surface area contributed by atoms with E-state index in [0.717, 1.165) is 0 Å². The average molecular weight is 432 g/mol. The quantitative estimate of drug-likeness (QED) is 0.718. The molecule has 126 valence electrons. The van der Waals surface area contributed by atoms with Gasteiger partial charge in [0.2, 0.25) is 5.91 Å². The molecule has 2 N–H and O–H groups in total. The number of ether oxygens (including phenoxy) is 1. The highest BCUT2D eigenvalue weighted by Crippen LogP contribution is 2.36. The minimum atomic E-state index is -0.347. The topological polar surface area (TPSA) is 67.4 Å². The van der Waals surface area contributed by atoms with E-state index in [-0.39, 0.29) is 18.4 Å². The second-order valence-electron chi connectivity index (χ2n) is 4.79. The van der Waals surface area contributed by atoms with E-state index in [1.54, 1.807) is 30.3 Å². The molecule has 2 amide bonds. The first kappa shape index (κ1) is 18.6. The molecule has 0 bridgehead atoms. The molecule has 0 aliphatic heterocycles. The molecule has 24 heavy (non-hydrogen) atoms. The predicted molar refractivity (Wildman–Crippen MR) is 99.0 cm³/mol. The molecule has 0 aromatic heterocycles. The summed E-state index contributed by atoms with van der Waals surface area (Å²) in [6.45, 7) is 1.21. The van der Waals surface area contributed by atoms with E-state index in [0.29, 0.717) is 31.6 Å². The van der Waals surface area contributed by atoms with Gasteiger partial charge in [-0.15, -0.1) is 0 Å². The Morgan fingerprint density at radius 1 is 1.08 bits per heavy atom. The van der Waals surface area contributed by atoms with E-state index in [2.05, 4.69) is 26.6 Å². The molecule has 0 fully saturated rings. The van der Waals surface area contributed by atoms with Gasteiger partial charge in [-0.3, -0.25) is 9.59 Å². The third kappa shape index (κ3) is 5.40. The minimum absolute atomic E-state index is 0.161. The van der Waals surface area contributed by atoms with Crippen molar-refractivity contribution < 1.29 is 14.3 Å². The summed E-state index contributed by atoms with van der Waals surface area (Å²) < 4.78 is 5.99. The Hall–Kier alpha value is -1.76. The number of amides is 2. The van der Waals surface area contributed by atoms with Crippen molar-refractivity contribution in [2.75, 3.05) is 17.2 Å². The van der Waals surface area contributed by atoms with Crippen molar-refractivity contribution in [1.29, 1.82) is 0 Å². The Morgan fingerprint density at radius 3 is 2.21 bits per heavy atom. The van der Waals surface area contributed by atoms with Crippen LogP contribution in [-0.2, 0) is 9.59 Å². The Kier molecular flexibility index (Phi) is 6.48. The third-order valence-corrected chi connectivity index (χ3v) is 3.89. The normalized spacial score (nSPS) is 10.2. The van der Waals surface area contributed by atoms with E-state index in [4.69, 9.17) is 27.9 Å². The van der Waals surface area contributed by atoms with Crippen LogP contribution in [0.5, 0.6) is 5.75 Å². The highest BCUT2D eigenvalue weighted by atomic mass is 79.9. The van der Waals surface area contributed by atoms with Crippen LogP contribution in [0.3, 0.4) is 0 Å². The Bertz CT molecular complexity index is 743. The number of rotatable bonds is 5. The van der Waals surface area contributed by atoms with Gasteiger partial charge in [0.25, 0.3) is 5.91 Å². The fourth-order valence-corrected chi connectivity index (χ4v) is 3.21. The first-order valence-electron chi connectivity index (χ1n) is 6.80. The van der Waals surface area contributed by atoms with Crippen LogP contribution in [0.4, 0.5) is 11.4 Å². The number of halogens is 3. The zero-order valence-corrected chi connectivity index (χ0v) is 15.6. The van der Waals surface area contributed by atoms with Gasteiger partial charge in [0.1, 0.15) is 0 Å². The van der Waals surface area contributed by atoms with Crippen molar-refractivity contribution in [1.82, 2.24) is 0 Å². The van der Waals surface area contributed by atoms with E-state index >= 15 is 0 Å². The smallest absolute Gasteiger partial charge is 0.262 e. The number of carbonyl (C=O) groups is 2. The van der Waals surface area contributed by atoms with E-state index in [1.807, 2.05) is 0 Å². The lowest BCUT2D eigenvalue weighted by atomic mass is 10.2. The molecule has 0 heterocycles. The second kappa shape index (κ2) is 8.37. The Labute approximate surface area is 157 Å². The van der Waals surface area contributed by atoms with Gasteiger partial charge in [0.15, 0.2) is 12.4 Å². The number of hydrogen-bond donors (Lipinski definition) is 2. The number of nitrogens with one attached hydrogen (secondary N) is 2. The Balaban J connectivity index is 1.93. The summed E-state index contributed by atoms with van der Waals surface area (Å²) in [6, 6.07) is 9.88. The molecule has 0 aliphatic carbocycles. The molecule has 2 aromatic carbocycles. The van der Waals surface area contributed by atoms with Crippen molar-refractivity contribution in [3.05, 3.63) is 50.9 Å². The van der Waals surface area contributed by atoms with Gasteiger partial charge >= 0.3 is 0 Å². The van der Waals surface area contributed by atoms with Crippen LogP contribution in [0.2, 0.25) is 10.0 Å². The maximum atomic E-state index is 11.9. The van der Waals surface area contributed by atoms with Gasteiger partial charge in [-0.1, -0.05) is 23.2 Å². The SMILES string of the molecule is CC(=O)Nc1ccc(NC(=O)COc2c(Cl)cc(Cl)cc2Br)cc1. The standard InChI is InChI=1S/C16H13BrCl2N2O3/c1-9(22)20-11-2-4-12(5-3-11)21-15(23)8-24-16-13(17)6-10(18)7-14(16)19/h2-7H,8H2,1H3,(H,20,22)(H,21,23). The van der Waals surface area contributed by atoms with Crippen LogP contribution < -0.4 is 15.4 Å². The molecule has 0 spiro atoms. The van der Waals surface area contributed by atoms with Gasteiger partial charge in [0.05, 0.1) is 9.50 Å². The molecule has 5 nitrogen and oxygen atoms in total. The van der Waals surface area contributed by atoms with E-state index in [9.17, 15) is 9.59 Å². The molecule has 0 saturated carbocycles. The van der Waals surface area contributed by atoms with Crippen LogP contribution in [0.15, 0.2) is 40.9 Å². The molecular weight excluding hydrogens is 419 g/mol. The summed E-state index contributed by atoms with van der Waals surface area (Å²) in [6.07, 6.45) is 0. The highest BCUT2D eigenvalue weighted by Gasteiger charge is 2.11. The summed E-state index contributed by atoms with van der Waals surface area (Å²) in [5.74, 6) is -0.164. The van der Waals surface area contributed by atoms with Gasteiger partial charge in [-0.2, -0.15) is 0 Å². The van der Waals surface area contributed by atoms with Crippen molar-refractivity contribution in [2.24, 2.45) is 0 Å². The summed E-state index contributed by atoms with van der Waals surface area (Å²) in [5, 5.41) is 6.09. The molecule has 2 rings (SSSR count). The largest absolute Gasteiger partial charge is 0.481 e. The van der Waals surface area contributed by atoms with Crippen LogP contribution in [0.25, 0.3) is 0 Å². The predicted octanol–water partition coefficient (Wildman–Crippen LogP) is 4.73. The lowest BCUT2D eigenvalue weighted by molar-refractivity contribution is -0.118. The summed E-state index contributed by atoms with van der Waals surface area (Å²) in [5.41, 5.74) is 1.23. The van der Waals surface area contributed by atoms with Crippen LogP contribution in [0, 0.1) is 0 Å². The van der Waals surface area contributed by atoms with Crippen molar-refractivity contribution >= 4 is 62.3 Å². The zero-order chi connectivity index (χ0) is 17.7. The number of anilines is 2. The molecule has 2 aromatic rings. The number of carbonyl (C=O) groups excluding carboxylic acids is 2. The summed E-state index contributed by atoms with van der Waals surface area (Å²) in [7, 11) is 0. The minimum Gasteiger partial charge on any atom is -0.481 e.